The number of aryl methyl sites for hydroxylation is 1. The van der Waals surface area contributed by atoms with Crippen molar-refractivity contribution in [2.75, 3.05) is 23.3 Å². The summed E-state index contributed by atoms with van der Waals surface area (Å²) in [5, 5.41) is 8.05. The van der Waals surface area contributed by atoms with Gasteiger partial charge < -0.3 is 14.6 Å². The Labute approximate surface area is 177 Å². The molecule has 1 fully saturated rings. The van der Waals surface area contributed by atoms with E-state index in [0.29, 0.717) is 34.6 Å². The minimum atomic E-state index is -0.281. The standard InChI is InChI=1S/C20H22N6O3S/c1-13-16(5-9-29-13)18(28)25-20-24-15(12-30-20)10-17(27)23-14-4-2-8-26(11-14)19-21-6-3-7-22-19/h3,5-7,9,12,14H,2,4,8,10-11H2,1H3,(H,23,27)(H,24,25,28). The predicted molar refractivity (Wildman–Crippen MR) is 113 cm³/mol. The third-order valence-corrected chi connectivity index (χ3v) is 5.65. The predicted octanol–water partition coefficient (Wildman–Crippen LogP) is 2.41. The monoisotopic (exact) mass is 426 g/mol. The molecule has 1 unspecified atom stereocenters. The van der Waals surface area contributed by atoms with E-state index in [2.05, 4.69) is 30.5 Å². The first-order valence-electron chi connectivity index (χ1n) is 9.69. The smallest absolute Gasteiger partial charge is 0.260 e. The number of piperidine rings is 1. The van der Waals surface area contributed by atoms with Gasteiger partial charge in [-0.2, -0.15) is 0 Å². The van der Waals surface area contributed by atoms with Crippen molar-refractivity contribution in [1.29, 1.82) is 0 Å². The van der Waals surface area contributed by atoms with Crippen LogP contribution in [0.3, 0.4) is 0 Å². The Hall–Kier alpha value is -3.27. The second-order valence-electron chi connectivity index (χ2n) is 7.07. The van der Waals surface area contributed by atoms with Crippen molar-refractivity contribution in [3.63, 3.8) is 0 Å². The number of amides is 2. The second-order valence-corrected chi connectivity index (χ2v) is 7.92. The van der Waals surface area contributed by atoms with Crippen LogP contribution in [0.15, 0.2) is 40.6 Å². The quantitative estimate of drug-likeness (QED) is 0.622. The van der Waals surface area contributed by atoms with Gasteiger partial charge in [0.05, 0.1) is 23.9 Å². The largest absolute Gasteiger partial charge is 0.469 e. The lowest BCUT2D eigenvalue weighted by Crippen LogP contribution is -2.48. The molecule has 2 N–H and O–H groups in total. The summed E-state index contributed by atoms with van der Waals surface area (Å²) in [6.07, 6.45) is 6.95. The Kier molecular flexibility index (Phi) is 6.03. The summed E-state index contributed by atoms with van der Waals surface area (Å²) in [5.41, 5.74) is 1.09. The van der Waals surface area contributed by atoms with Crippen molar-refractivity contribution >= 4 is 34.2 Å². The molecule has 3 aromatic rings. The molecule has 2 amide bonds. The zero-order valence-corrected chi connectivity index (χ0v) is 17.3. The SMILES string of the molecule is Cc1occc1C(=O)Nc1nc(CC(=O)NC2CCCN(c3ncccn3)C2)cs1. The number of rotatable bonds is 6. The summed E-state index contributed by atoms with van der Waals surface area (Å²) in [6, 6.07) is 3.44. The molecular formula is C20H22N6O3S. The third kappa shape index (κ3) is 4.82. The van der Waals surface area contributed by atoms with E-state index in [1.807, 2.05) is 0 Å². The van der Waals surface area contributed by atoms with E-state index in [0.717, 1.165) is 19.4 Å². The Bertz CT molecular complexity index is 1020. The van der Waals surface area contributed by atoms with Gasteiger partial charge in [-0.15, -0.1) is 11.3 Å². The number of anilines is 2. The number of furan rings is 1. The highest BCUT2D eigenvalue weighted by atomic mass is 32.1. The summed E-state index contributed by atoms with van der Waals surface area (Å²) in [4.78, 5) is 39.7. The molecule has 1 aliphatic heterocycles. The molecule has 3 aromatic heterocycles. The molecule has 0 aliphatic carbocycles. The third-order valence-electron chi connectivity index (χ3n) is 4.84. The number of hydrogen-bond donors (Lipinski definition) is 2. The van der Waals surface area contributed by atoms with E-state index in [-0.39, 0.29) is 24.3 Å². The van der Waals surface area contributed by atoms with Crippen molar-refractivity contribution in [1.82, 2.24) is 20.3 Å². The van der Waals surface area contributed by atoms with E-state index >= 15 is 0 Å². The van der Waals surface area contributed by atoms with Gasteiger partial charge in [0.1, 0.15) is 5.76 Å². The van der Waals surface area contributed by atoms with Gasteiger partial charge in [0.25, 0.3) is 5.91 Å². The number of carbonyl (C=O) groups excluding carboxylic acids is 2. The highest BCUT2D eigenvalue weighted by Crippen LogP contribution is 2.19. The molecule has 1 atom stereocenters. The van der Waals surface area contributed by atoms with Gasteiger partial charge in [-0.1, -0.05) is 0 Å². The van der Waals surface area contributed by atoms with E-state index in [1.54, 1.807) is 36.8 Å². The van der Waals surface area contributed by atoms with E-state index in [1.165, 1.54) is 17.6 Å². The summed E-state index contributed by atoms with van der Waals surface area (Å²) < 4.78 is 5.15. The molecule has 0 bridgehead atoms. The molecule has 4 rings (SSSR count). The molecule has 0 radical (unpaired) electrons. The zero-order chi connectivity index (χ0) is 20.9. The fourth-order valence-corrected chi connectivity index (χ4v) is 4.11. The van der Waals surface area contributed by atoms with E-state index in [9.17, 15) is 9.59 Å². The van der Waals surface area contributed by atoms with Crippen LogP contribution in [-0.4, -0.2) is 45.9 Å². The van der Waals surface area contributed by atoms with Crippen molar-refractivity contribution in [3.8, 4) is 0 Å². The van der Waals surface area contributed by atoms with Gasteiger partial charge in [0, 0.05) is 36.9 Å². The van der Waals surface area contributed by atoms with Gasteiger partial charge in [0.2, 0.25) is 11.9 Å². The fraction of sp³-hybridized carbons (Fsp3) is 0.350. The summed E-state index contributed by atoms with van der Waals surface area (Å²) >= 11 is 1.29. The summed E-state index contributed by atoms with van der Waals surface area (Å²) in [7, 11) is 0. The minimum absolute atomic E-state index is 0.0388. The Morgan fingerprint density at radius 3 is 2.93 bits per heavy atom. The van der Waals surface area contributed by atoms with Gasteiger partial charge >= 0.3 is 0 Å². The highest BCUT2D eigenvalue weighted by molar-refractivity contribution is 7.14. The van der Waals surface area contributed by atoms with Crippen LogP contribution in [0, 0.1) is 6.92 Å². The molecule has 156 valence electrons. The maximum Gasteiger partial charge on any atom is 0.260 e. The van der Waals surface area contributed by atoms with Crippen LogP contribution in [0.25, 0.3) is 0 Å². The van der Waals surface area contributed by atoms with Crippen LogP contribution in [0.5, 0.6) is 0 Å². The average Bonchev–Trinajstić information content (AvgIpc) is 3.37. The minimum Gasteiger partial charge on any atom is -0.469 e. The first-order chi connectivity index (χ1) is 14.6. The van der Waals surface area contributed by atoms with Crippen LogP contribution in [0.2, 0.25) is 0 Å². The molecule has 1 aliphatic rings. The Balaban J connectivity index is 1.29. The number of hydrogen-bond acceptors (Lipinski definition) is 8. The van der Waals surface area contributed by atoms with Crippen molar-refractivity contribution in [2.24, 2.45) is 0 Å². The molecule has 0 spiro atoms. The van der Waals surface area contributed by atoms with Gasteiger partial charge in [-0.05, 0) is 31.9 Å². The van der Waals surface area contributed by atoms with Gasteiger partial charge in [0.15, 0.2) is 5.13 Å². The normalized spacial score (nSPS) is 16.3. The lowest BCUT2D eigenvalue weighted by Gasteiger charge is -2.33. The van der Waals surface area contributed by atoms with Crippen LogP contribution in [0.1, 0.15) is 34.7 Å². The molecule has 4 heterocycles. The van der Waals surface area contributed by atoms with Crippen LogP contribution >= 0.6 is 11.3 Å². The van der Waals surface area contributed by atoms with Crippen molar-refractivity contribution < 1.29 is 14.0 Å². The molecule has 0 aromatic carbocycles. The number of nitrogens with zero attached hydrogens (tertiary/aromatic N) is 4. The van der Waals surface area contributed by atoms with Crippen molar-refractivity contribution in [2.45, 2.75) is 32.2 Å². The zero-order valence-electron chi connectivity index (χ0n) is 16.5. The summed E-state index contributed by atoms with van der Waals surface area (Å²) in [5.74, 6) is 0.858. The maximum atomic E-state index is 12.5. The summed E-state index contributed by atoms with van der Waals surface area (Å²) in [6.45, 7) is 3.28. The first kappa shape index (κ1) is 20.0. The fourth-order valence-electron chi connectivity index (χ4n) is 3.40. The molecule has 30 heavy (non-hydrogen) atoms. The average molecular weight is 427 g/mol. The molecule has 1 saturated heterocycles. The van der Waals surface area contributed by atoms with Gasteiger partial charge in [-0.25, -0.2) is 15.0 Å². The van der Waals surface area contributed by atoms with E-state index in [4.69, 9.17) is 4.42 Å². The lowest BCUT2D eigenvalue weighted by atomic mass is 10.1. The number of carbonyl (C=O) groups is 2. The molecule has 9 nitrogen and oxygen atoms in total. The number of aromatic nitrogens is 3. The molecule has 10 heteroatoms. The van der Waals surface area contributed by atoms with Crippen molar-refractivity contribution in [3.05, 3.63) is 53.2 Å². The van der Waals surface area contributed by atoms with Gasteiger partial charge in [-0.3, -0.25) is 14.9 Å². The van der Waals surface area contributed by atoms with Crippen LogP contribution in [0.4, 0.5) is 11.1 Å². The highest BCUT2D eigenvalue weighted by Gasteiger charge is 2.23. The van der Waals surface area contributed by atoms with E-state index < -0.39 is 0 Å². The topological polar surface area (TPSA) is 113 Å². The Morgan fingerprint density at radius 2 is 2.17 bits per heavy atom. The first-order valence-corrected chi connectivity index (χ1v) is 10.6. The maximum absolute atomic E-state index is 12.5. The van der Waals surface area contributed by atoms with Crippen LogP contribution < -0.4 is 15.5 Å². The molecular weight excluding hydrogens is 404 g/mol. The molecule has 0 saturated carbocycles. The van der Waals surface area contributed by atoms with Crippen LogP contribution in [-0.2, 0) is 11.2 Å². The second kappa shape index (κ2) is 9.04. The Morgan fingerprint density at radius 1 is 1.33 bits per heavy atom. The number of nitrogens with one attached hydrogen (secondary N) is 2. The number of thiazole rings is 1. The lowest BCUT2D eigenvalue weighted by molar-refractivity contribution is -0.121.